The molecule has 4 N–H and O–H groups in total. The number of nitrogens with two attached hydrogens (primary N) is 2. The molecule has 0 saturated carbocycles. The van der Waals surface area contributed by atoms with Gasteiger partial charge in [-0.15, -0.1) is 0 Å². The van der Waals surface area contributed by atoms with Crippen LogP contribution in [0.1, 0.15) is 27.7 Å². The molecular weight excluding hydrogens is 234 g/mol. The summed E-state index contributed by atoms with van der Waals surface area (Å²) in [6.45, 7) is 9.98. The minimum absolute atomic E-state index is 0.333. The number of hydrogen-bond acceptors (Lipinski definition) is 3. The molecule has 0 saturated heterocycles. The summed E-state index contributed by atoms with van der Waals surface area (Å²) in [6.07, 6.45) is 0. The molecule has 0 aliphatic carbocycles. The summed E-state index contributed by atoms with van der Waals surface area (Å²) in [5.74, 6) is 0. The summed E-state index contributed by atoms with van der Waals surface area (Å²) in [4.78, 5) is 2.18. The third-order valence-electron chi connectivity index (χ3n) is 2.13. The smallest absolute Gasteiger partial charge is 0.0741 e. The number of hydrogen-bond donors (Lipinski definition) is 2. The number of para-hydroxylation sites is 1. The molecule has 0 fully saturated rings. The van der Waals surface area contributed by atoms with E-state index in [1.54, 1.807) is 0 Å². The predicted octanol–water partition coefficient (Wildman–Crippen LogP) is 3.12. The number of nitrogens with zero attached hydrogens (tertiary/aromatic N) is 1. The van der Waals surface area contributed by atoms with E-state index in [1.807, 2.05) is 32.0 Å². The average Bonchev–Trinajstić information content (AvgIpc) is 2.25. The van der Waals surface area contributed by atoms with Gasteiger partial charge in [0, 0.05) is 13.1 Å². The lowest BCUT2D eigenvalue weighted by Crippen LogP contribution is -2.22. The highest BCUT2D eigenvalue weighted by Gasteiger charge is 2.07. The fourth-order valence-electron chi connectivity index (χ4n) is 1.37. The van der Waals surface area contributed by atoms with Gasteiger partial charge in [0.2, 0.25) is 0 Å². The molecular formula is C13H24ClN3. The van der Waals surface area contributed by atoms with Gasteiger partial charge in [0.05, 0.1) is 16.4 Å². The molecule has 0 bridgehead atoms. The van der Waals surface area contributed by atoms with Crippen LogP contribution in [0.3, 0.4) is 0 Å². The van der Waals surface area contributed by atoms with Crippen molar-refractivity contribution >= 4 is 23.0 Å². The Balaban J connectivity index is 0.000000557. The summed E-state index contributed by atoms with van der Waals surface area (Å²) in [6, 6.07) is 6.06. The monoisotopic (exact) mass is 257 g/mol. The molecule has 0 aliphatic heterocycles. The van der Waals surface area contributed by atoms with Gasteiger partial charge >= 0.3 is 0 Å². The van der Waals surface area contributed by atoms with Gasteiger partial charge in [0.15, 0.2) is 0 Å². The van der Waals surface area contributed by atoms with Crippen LogP contribution in [0.25, 0.3) is 0 Å². The molecule has 0 unspecified atom stereocenters. The SMILES string of the molecule is CC(C)N.CCN(CC)c1cccc(Cl)c1N. The lowest BCUT2D eigenvalue weighted by atomic mass is 10.2. The van der Waals surface area contributed by atoms with E-state index in [0.29, 0.717) is 16.8 Å². The van der Waals surface area contributed by atoms with E-state index < -0.39 is 0 Å². The van der Waals surface area contributed by atoms with E-state index in [0.717, 1.165) is 18.8 Å². The maximum Gasteiger partial charge on any atom is 0.0741 e. The van der Waals surface area contributed by atoms with Crippen LogP contribution in [0, 0.1) is 0 Å². The molecule has 0 aromatic heterocycles. The van der Waals surface area contributed by atoms with E-state index in [4.69, 9.17) is 23.1 Å². The summed E-state index contributed by atoms with van der Waals surface area (Å²) in [5, 5.41) is 0.629. The van der Waals surface area contributed by atoms with Gasteiger partial charge in [-0.25, -0.2) is 0 Å². The molecule has 0 heterocycles. The van der Waals surface area contributed by atoms with Gasteiger partial charge in [0.25, 0.3) is 0 Å². The van der Waals surface area contributed by atoms with Gasteiger partial charge in [-0.05, 0) is 32.0 Å². The molecule has 3 nitrogen and oxygen atoms in total. The zero-order valence-corrected chi connectivity index (χ0v) is 12.0. The Hall–Kier alpha value is -0.930. The largest absolute Gasteiger partial charge is 0.396 e. The normalized spacial score (nSPS) is 9.82. The fraction of sp³-hybridized carbons (Fsp3) is 0.538. The minimum Gasteiger partial charge on any atom is -0.396 e. The summed E-state index contributed by atoms with van der Waals surface area (Å²) in [7, 11) is 0. The number of benzene rings is 1. The number of rotatable bonds is 3. The Kier molecular flexibility index (Phi) is 7.75. The van der Waals surface area contributed by atoms with Gasteiger partial charge in [0.1, 0.15) is 0 Å². The first-order valence-electron chi connectivity index (χ1n) is 5.98. The molecule has 0 spiro atoms. The van der Waals surface area contributed by atoms with Crippen molar-refractivity contribution in [1.29, 1.82) is 0 Å². The highest BCUT2D eigenvalue weighted by molar-refractivity contribution is 6.33. The number of halogens is 1. The maximum absolute atomic E-state index is 5.92. The first-order chi connectivity index (χ1) is 7.93. The first-order valence-corrected chi connectivity index (χ1v) is 6.36. The summed E-state index contributed by atoms with van der Waals surface area (Å²) >= 11 is 5.92. The van der Waals surface area contributed by atoms with Crippen molar-refractivity contribution in [2.75, 3.05) is 23.7 Å². The highest BCUT2D eigenvalue weighted by Crippen LogP contribution is 2.29. The van der Waals surface area contributed by atoms with Crippen molar-refractivity contribution in [3.8, 4) is 0 Å². The molecule has 0 radical (unpaired) electrons. The van der Waals surface area contributed by atoms with Crippen LogP contribution in [0.5, 0.6) is 0 Å². The van der Waals surface area contributed by atoms with E-state index >= 15 is 0 Å². The third-order valence-corrected chi connectivity index (χ3v) is 2.46. The van der Waals surface area contributed by atoms with Crippen LogP contribution in [0.4, 0.5) is 11.4 Å². The second-order valence-electron chi connectivity index (χ2n) is 4.09. The van der Waals surface area contributed by atoms with Gasteiger partial charge in [-0.2, -0.15) is 0 Å². The Morgan fingerprint density at radius 1 is 1.24 bits per heavy atom. The van der Waals surface area contributed by atoms with Crippen LogP contribution < -0.4 is 16.4 Å². The standard InChI is InChI=1S/C10H15ClN2.C3H9N/c1-3-13(4-2)9-7-5-6-8(11)10(9)12;1-3(2)4/h5-7H,3-4,12H2,1-2H3;3H,4H2,1-2H3. The first kappa shape index (κ1) is 16.1. The second-order valence-corrected chi connectivity index (χ2v) is 4.50. The minimum atomic E-state index is 0.333. The van der Waals surface area contributed by atoms with Crippen LogP contribution in [0.15, 0.2) is 18.2 Å². The summed E-state index contributed by atoms with van der Waals surface area (Å²) < 4.78 is 0. The van der Waals surface area contributed by atoms with E-state index in [9.17, 15) is 0 Å². The van der Waals surface area contributed by atoms with Crippen LogP contribution in [0.2, 0.25) is 5.02 Å². The zero-order chi connectivity index (χ0) is 13.4. The Labute approximate surface area is 110 Å². The Morgan fingerprint density at radius 3 is 2.12 bits per heavy atom. The van der Waals surface area contributed by atoms with Crippen molar-refractivity contribution in [2.45, 2.75) is 33.7 Å². The van der Waals surface area contributed by atoms with Crippen molar-refractivity contribution < 1.29 is 0 Å². The van der Waals surface area contributed by atoms with Gasteiger partial charge in [-0.1, -0.05) is 31.5 Å². The van der Waals surface area contributed by atoms with Crippen LogP contribution in [-0.2, 0) is 0 Å². The van der Waals surface area contributed by atoms with Crippen molar-refractivity contribution in [3.05, 3.63) is 23.2 Å². The van der Waals surface area contributed by atoms with Crippen LogP contribution in [-0.4, -0.2) is 19.1 Å². The molecule has 1 aromatic carbocycles. The van der Waals surface area contributed by atoms with Gasteiger partial charge in [-0.3, -0.25) is 0 Å². The quantitative estimate of drug-likeness (QED) is 0.818. The zero-order valence-electron chi connectivity index (χ0n) is 11.2. The number of nitrogen functional groups attached to an aromatic ring is 1. The van der Waals surface area contributed by atoms with Gasteiger partial charge < -0.3 is 16.4 Å². The maximum atomic E-state index is 5.92. The molecule has 4 heteroatoms. The summed E-state index contributed by atoms with van der Waals surface area (Å²) in [5.41, 5.74) is 12.7. The van der Waals surface area contributed by atoms with E-state index in [2.05, 4.69) is 18.7 Å². The average molecular weight is 258 g/mol. The molecule has 1 aromatic rings. The topological polar surface area (TPSA) is 55.3 Å². The molecule has 1 rings (SSSR count). The third kappa shape index (κ3) is 5.80. The van der Waals surface area contributed by atoms with Crippen LogP contribution >= 0.6 is 11.6 Å². The molecule has 0 atom stereocenters. The molecule has 0 amide bonds. The molecule has 98 valence electrons. The van der Waals surface area contributed by atoms with E-state index in [-0.39, 0.29) is 0 Å². The lowest BCUT2D eigenvalue weighted by Gasteiger charge is -2.22. The predicted molar refractivity (Wildman–Crippen MR) is 78.7 cm³/mol. The molecule has 17 heavy (non-hydrogen) atoms. The number of anilines is 2. The Morgan fingerprint density at radius 2 is 1.71 bits per heavy atom. The van der Waals surface area contributed by atoms with E-state index in [1.165, 1.54) is 0 Å². The second kappa shape index (κ2) is 8.20. The highest BCUT2D eigenvalue weighted by atomic mass is 35.5. The molecule has 0 aliphatic rings. The van der Waals surface area contributed by atoms with Crippen molar-refractivity contribution in [3.63, 3.8) is 0 Å². The van der Waals surface area contributed by atoms with Crippen molar-refractivity contribution in [1.82, 2.24) is 0 Å². The lowest BCUT2D eigenvalue weighted by molar-refractivity contribution is 0.834. The Bertz CT molecular complexity index is 320. The fourth-order valence-corrected chi connectivity index (χ4v) is 1.54. The van der Waals surface area contributed by atoms with Crippen molar-refractivity contribution in [2.24, 2.45) is 5.73 Å².